The van der Waals surface area contributed by atoms with Gasteiger partial charge in [0.05, 0.1) is 153 Å². The lowest BCUT2D eigenvalue weighted by molar-refractivity contribution is 1.25. The van der Waals surface area contributed by atoms with Gasteiger partial charge >= 0.3 is 0 Å². The summed E-state index contributed by atoms with van der Waals surface area (Å²) in [6.07, 6.45) is 15.1. The van der Waals surface area contributed by atoms with Crippen molar-refractivity contribution < 1.29 is 0 Å². The van der Waals surface area contributed by atoms with E-state index >= 15 is 0 Å². The Bertz CT molecular complexity index is 7800. The summed E-state index contributed by atoms with van der Waals surface area (Å²) in [5.41, 5.74) is 26.8. The van der Waals surface area contributed by atoms with Gasteiger partial charge in [-0.15, -0.1) is 0 Å². The number of anilines is 1. The summed E-state index contributed by atoms with van der Waals surface area (Å²) in [5.74, 6) is 0.733. The Balaban J connectivity index is 0.000000113. The highest BCUT2D eigenvalue weighted by molar-refractivity contribution is 6.36. The topological polar surface area (TPSA) is 372 Å². The van der Waals surface area contributed by atoms with Crippen molar-refractivity contribution in [1.82, 2.24) is 74.8 Å². The molecule has 23 nitrogen and oxygen atoms in total. The first-order valence-corrected chi connectivity index (χ1v) is 37.6. The molecular formula is C92H57Cl3N20O3. The van der Waals surface area contributed by atoms with E-state index in [9.17, 15) is 35.4 Å². The Morgan fingerprint density at radius 1 is 0.356 bits per heavy atom. The van der Waals surface area contributed by atoms with Gasteiger partial charge in [-0.2, -0.15) is 21.0 Å². The highest BCUT2D eigenvalue weighted by Crippen LogP contribution is 2.43. The molecule has 1 aliphatic rings. The number of imidazole rings is 4. The molecule has 20 rings (SSSR count). The minimum absolute atomic E-state index is 0.0934. The fraction of sp³-hybridized carbons (Fsp3) is 0.0326. The van der Waals surface area contributed by atoms with Crippen molar-refractivity contribution in [3.8, 4) is 114 Å². The quantitative estimate of drug-likeness (QED) is 0.0700. The molecule has 11 aromatic heterocycles. The zero-order chi connectivity index (χ0) is 81.6. The first kappa shape index (κ1) is 74.7. The van der Waals surface area contributed by atoms with Crippen LogP contribution in [0.2, 0.25) is 15.1 Å². The van der Waals surface area contributed by atoms with Gasteiger partial charge in [-0.3, -0.25) is 14.4 Å². The number of aromatic amines is 7. The maximum absolute atomic E-state index is 12.5. The first-order valence-electron chi connectivity index (χ1n) is 36.5. The van der Waals surface area contributed by atoms with E-state index < -0.39 is 0 Å². The third-order valence-electron chi connectivity index (χ3n) is 20.5. The second-order valence-electron chi connectivity index (χ2n) is 27.5. The van der Waals surface area contributed by atoms with E-state index in [0.29, 0.717) is 98.5 Å². The predicted octanol–water partition coefficient (Wildman–Crippen LogP) is 20.0. The maximum atomic E-state index is 12.5. The number of allylic oxidation sites excluding steroid dienone is 1. The molecule has 0 amide bonds. The van der Waals surface area contributed by atoms with Gasteiger partial charge in [-0.25, -0.2) is 39.9 Å². The zero-order valence-electron chi connectivity index (χ0n) is 62.4. The van der Waals surface area contributed by atoms with Crippen LogP contribution in [0.5, 0.6) is 0 Å². The van der Waals surface area contributed by atoms with Gasteiger partial charge in [-0.1, -0.05) is 96.0 Å². The number of fused-ring (bicyclic) bond motifs is 8. The maximum Gasteiger partial charge on any atom is 0.191 e. The lowest BCUT2D eigenvalue weighted by Crippen LogP contribution is -2.06. The van der Waals surface area contributed by atoms with Crippen molar-refractivity contribution in [3.63, 3.8) is 0 Å². The van der Waals surface area contributed by atoms with Gasteiger partial charge < -0.3 is 40.2 Å². The first-order chi connectivity index (χ1) is 57.4. The van der Waals surface area contributed by atoms with E-state index in [0.717, 1.165) is 139 Å². The molecule has 8 N–H and O–H groups in total. The molecule has 0 bridgehead atoms. The average molecular weight is 1600 g/mol. The van der Waals surface area contributed by atoms with Crippen LogP contribution in [0, 0.1) is 66.1 Å². The summed E-state index contributed by atoms with van der Waals surface area (Å²) >= 11 is 19.4. The standard InChI is InChI=1S/C24H16ClN5.C23H14ClN5O.C23H15N5O.C22H12ClN5O/c1-13-6-7-15-8-19(17-9-20(25)23-21(10-17)27-12-28-23)22(30-24(15)29-13)18-5-3-4-16(11-26)14(18)2;1-12-13(10-25)3-2-4-15(12)21-16(9-17-20(30)5-6-26-23(17)29-21)14-7-18(24)22-19(8-14)27-11-28-22;1-13-15(11-24)3-2-4-16(13)22-17(10-18-21(29)7-8-25-23(18)28-22)14-5-6-19-20(9-14)27-12-26-19;23-17-7-14(8-18-21(17)27-11-26-18)15-9-16-19(29)4-5-25-22(16)28-20(15)13-3-1-2-12(6-13)10-24/h3-10,12H,1H2,2H3,(H,27,28)(H,29,30);2-9,11H,1H3,(H,27,28)(H,26,29,30);2-10,12H,1H3,(H,26,27)(H,25,28,29);1-9,11H,(H,26,27)(H,25,28,29). The molecule has 0 unspecified atom stereocenters. The Morgan fingerprint density at radius 2 is 0.754 bits per heavy atom. The average Bonchev–Trinajstić information content (AvgIpc) is 1.65. The van der Waals surface area contributed by atoms with E-state index in [1.54, 1.807) is 68.2 Å². The normalized spacial score (nSPS) is 11.4. The highest BCUT2D eigenvalue weighted by atomic mass is 35.5. The van der Waals surface area contributed by atoms with E-state index in [4.69, 9.17) is 54.7 Å². The molecule has 0 spiro atoms. The van der Waals surface area contributed by atoms with Gasteiger partial charge in [0.2, 0.25) is 0 Å². The van der Waals surface area contributed by atoms with Gasteiger partial charge in [0, 0.05) is 92.6 Å². The smallest absolute Gasteiger partial charge is 0.191 e. The summed E-state index contributed by atoms with van der Waals surface area (Å²) in [6, 6.07) is 62.2. The number of nitriles is 4. The number of nitrogens with one attached hydrogen (secondary N) is 8. The van der Waals surface area contributed by atoms with Gasteiger partial charge in [0.15, 0.2) is 16.3 Å². The van der Waals surface area contributed by atoms with Crippen LogP contribution in [0.4, 0.5) is 5.82 Å². The number of halogens is 3. The molecule has 564 valence electrons. The van der Waals surface area contributed by atoms with E-state index in [2.05, 4.69) is 97.1 Å². The number of nitrogens with zero attached hydrogens (tertiary/aromatic N) is 12. The summed E-state index contributed by atoms with van der Waals surface area (Å²) in [4.78, 5) is 95.1. The van der Waals surface area contributed by atoms with Crippen LogP contribution in [-0.2, 0) is 0 Å². The summed E-state index contributed by atoms with van der Waals surface area (Å²) < 4.78 is 0. The molecule has 8 aromatic carbocycles. The SMILES string of the molecule is C=C1C=Cc2cc(-c3cc(Cl)c4nc[nH]c4c3)c(-c3cccc(C#N)c3C)nc2N1.Cc1c(C#N)cccc1-c1nc2[nH]ccc(=O)c2cc1-c1cc(Cl)c2nc[nH]c2c1.Cc1c(C#N)cccc1-c1nc2[nH]ccc(=O)c2cc1-c1ccc2nc[nH]c2c1.N#Cc1cccc(-c2nc3[nH]ccc(=O)c3cc2-c2cc(Cl)c3nc[nH]c3c2)c1. The monoisotopic (exact) mass is 1590 g/mol. The predicted molar refractivity (Wildman–Crippen MR) is 463 cm³/mol. The van der Waals surface area contributed by atoms with E-state index in [1.807, 2.05) is 160 Å². The van der Waals surface area contributed by atoms with Gasteiger partial charge in [0.1, 0.15) is 39.3 Å². The second-order valence-corrected chi connectivity index (χ2v) is 28.8. The zero-order valence-corrected chi connectivity index (χ0v) is 64.6. The van der Waals surface area contributed by atoms with Crippen LogP contribution >= 0.6 is 34.8 Å². The third-order valence-corrected chi connectivity index (χ3v) is 21.4. The lowest BCUT2D eigenvalue weighted by Gasteiger charge is -2.19. The Kier molecular flexibility index (Phi) is 19.7. The fourth-order valence-corrected chi connectivity index (χ4v) is 15.3. The largest absolute Gasteiger partial charge is 0.346 e. The van der Waals surface area contributed by atoms with Crippen molar-refractivity contribution in [3.05, 3.63) is 328 Å². The van der Waals surface area contributed by atoms with Crippen LogP contribution in [-0.4, -0.2) is 74.8 Å². The van der Waals surface area contributed by atoms with Crippen molar-refractivity contribution in [2.45, 2.75) is 20.8 Å². The molecule has 26 heteroatoms. The van der Waals surface area contributed by atoms with Crippen LogP contribution in [0.1, 0.15) is 44.5 Å². The third kappa shape index (κ3) is 14.1. The van der Waals surface area contributed by atoms with Crippen molar-refractivity contribution in [2.75, 3.05) is 5.32 Å². The molecule has 0 atom stereocenters. The van der Waals surface area contributed by atoms with E-state index in [-0.39, 0.29) is 16.3 Å². The van der Waals surface area contributed by atoms with E-state index in [1.165, 1.54) is 18.2 Å². The molecule has 0 radical (unpaired) electrons. The molecule has 0 aliphatic carbocycles. The number of benzene rings is 8. The molecule has 19 aromatic rings. The molecule has 1 aliphatic heterocycles. The summed E-state index contributed by atoms with van der Waals surface area (Å²) in [6.45, 7) is 9.72. The number of pyridine rings is 7. The number of rotatable bonds is 8. The van der Waals surface area contributed by atoms with Gasteiger partial charge in [-0.05, 0) is 175 Å². The molecule has 0 saturated carbocycles. The number of hydrogen-bond acceptors (Lipinski definition) is 16. The molecule has 0 saturated heterocycles. The molecular weight excluding hydrogens is 1540 g/mol. The van der Waals surface area contributed by atoms with Crippen LogP contribution < -0.4 is 21.6 Å². The Hall–Kier alpha value is -16.0. The van der Waals surface area contributed by atoms with Crippen molar-refractivity contribution in [2.24, 2.45) is 0 Å². The molecule has 0 fully saturated rings. The number of hydrogen-bond donors (Lipinski definition) is 8. The second kappa shape index (κ2) is 31.2. The summed E-state index contributed by atoms with van der Waals surface area (Å²) in [7, 11) is 0. The highest BCUT2D eigenvalue weighted by Gasteiger charge is 2.24. The summed E-state index contributed by atoms with van der Waals surface area (Å²) in [5, 5.41) is 44.0. The minimum Gasteiger partial charge on any atom is -0.346 e. The van der Waals surface area contributed by atoms with Crippen molar-refractivity contribution in [1.29, 1.82) is 21.0 Å². The minimum atomic E-state index is -0.126. The van der Waals surface area contributed by atoms with Crippen LogP contribution in [0.3, 0.4) is 0 Å². The Morgan fingerprint density at radius 3 is 1.21 bits per heavy atom. The van der Waals surface area contributed by atoms with Gasteiger partial charge in [0.25, 0.3) is 0 Å². The molecule has 118 heavy (non-hydrogen) atoms. The Labute approximate surface area is 683 Å². The van der Waals surface area contributed by atoms with Crippen LogP contribution in [0.15, 0.2) is 253 Å². The lowest BCUT2D eigenvalue weighted by atomic mass is 9.92. The number of aromatic nitrogens is 15. The fourth-order valence-electron chi connectivity index (χ4n) is 14.5. The molecule has 12 heterocycles. The van der Waals surface area contributed by atoms with Crippen LogP contribution in [0.25, 0.3) is 173 Å². The van der Waals surface area contributed by atoms with Crippen molar-refractivity contribution >= 4 is 124 Å². The number of H-pyrrole nitrogens is 7.